The Morgan fingerprint density at radius 2 is 0.800 bits per heavy atom. The highest BCUT2D eigenvalue weighted by Gasteiger charge is 2.46. The van der Waals surface area contributed by atoms with E-state index in [0.717, 1.165) is 44.8 Å². The average molecular weight is 702 g/mol. The Morgan fingerprint density at radius 3 is 1.47 bits per heavy atom. The van der Waals surface area contributed by atoms with E-state index in [1.807, 2.05) is 18.5 Å². The van der Waals surface area contributed by atoms with Gasteiger partial charge in [-0.15, -0.1) is 0 Å². The van der Waals surface area contributed by atoms with Crippen molar-refractivity contribution in [2.45, 2.75) is 5.41 Å². The van der Waals surface area contributed by atoms with Crippen molar-refractivity contribution in [2.24, 2.45) is 0 Å². The predicted octanol–water partition coefficient (Wildman–Crippen LogP) is 12.6. The van der Waals surface area contributed by atoms with Crippen LogP contribution in [0.4, 0.5) is 0 Å². The Kier molecular flexibility index (Phi) is 8.04. The maximum atomic E-state index is 5.36. The molecule has 2 aromatic heterocycles. The summed E-state index contributed by atoms with van der Waals surface area (Å²) in [6, 6.07) is 71.2. The van der Waals surface area contributed by atoms with Gasteiger partial charge in [0.1, 0.15) is 0 Å². The molecule has 0 bridgehead atoms. The lowest BCUT2D eigenvalue weighted by Crippen LogP contribution is -2.28. The predicted molar refractivity (Wildman–Crippen MR) is 224 cm³/mol. The van der Waals surface area contributed by atoms with Crippen LogP contribution in [0.2, 0.25) is 0 Å². The van der Waals surface area contributed by atoms with Crippen molar-refractivity contribution < 1.29 is 0 Å². The van der Waals surface area contributed by atoms with Crippen LogP contribution in [-0.2, 0) is 5.41 Å². The van der Waals surface area contributed by atoms with Gasteiger partial charge in [-0.25, -0.2) is 9.97 Å². The van der Waals surface area contributed by atoms with Gasteiger partial charge in [0, 0.05) is 29.1 Å². The minimum Gasteiger partial charge on any atom is -0.265 e. The van der Waals surface area contributed by atoms with Crippen molar-refractivity contribution in [3.05, 3.63) is 235 Å². The summed E-state index contributed by atoms with van der Waals surface area (Å²) in [5.41, 5.74) is 16.2. The Hall–Kier alpha value is -7.23. The summed E-state index contributed by atoms with van der Waals surface area (Å²) in [5.74, 6) is 0.683. The first kappa shape index (κ1) is 32.4. The number of rotatable bonds is 7. The number of aromatic nitrogens is 3. The monoisotopic (exact) mass is 701 g/mol. The van der Waals surface area contributed by atoms with E-state index in [9.17, 15) is 0 Å². The minimum atomic E-state index is -0.543. The topological polar surface area (TPSA) is 38.7 Å². The molecule has 0 N–H and O–H groups in total. The molecule has 3 nitrogen and oxygen atoms in total. The van der Waals surface area contributed by atoms with Gasteiger partial charge >= 0.3 is 0 Å². The van der Waals surface area contributed by atoms with Gasteiger partial charge in [-0.3, -0.25) is 4.98 Å². The van der Waals surface area contributed by atoms with E-state index in [2.05, 4.69) is 199 Å². The van der Waals surface area contributed by atoms with Crippen LogP contribution in [0, 0.1) is 0 Å². The third kappa shape index (κ3) is 5.65. The Bertz CT molecular complexity index is 2660. The molecule has 7 aromatic carbocycles. The van der Waals surface area contributed by atoms with Crippen LogP contribution >= 0.6 is 0 Å². The summed E-state index contributed by atoms with van der Waals surface area (Å²) in [4.78, 5) is 15.1. The highest BCUT2D eigenvalue weighted by atomic mass is 14.9. The molecule has 258 valence electrons. The van der Waals surface area contributed by atoms with Gasteiger partial charge in [-0.05, 0) is 92.0 Å². The van der Waals surface area contributed by atoms with Gasteiger partial charge in [0.2, 0.25) is 0 Å². The van der Waals surface area contributed by atoms with E-state index in [1.165, 1.54) is 38.9 Å². The molecule has 0 amide bonds. The summed E-state index contributed by atoms with van der Waals surface area (Å²) in [6.45, 7) is 0. The van der Waals surface area contributed by atoms with Crippen LogP contribution in [0.5, 0.6) is 0 Å². The average Bonchev–Trinajstić information content (AvgIpc) is 3.58. The first-order chi connectivity index (χ1) is 27.3. The zero-order valence-corrected chi connectivity index (χ0v) is 30.0. The summed E-state index contributed by atoms with van der Waals surface area (Å²) in [5, 5.41) is 0. The molecular weight excluding hydrogens is 667 g/mol. The third-order valence-corrected chi connectivity index (χ3v) is 10.9. The highest BCUT2D eigenvalue weighted by Crippen LogP contribution is 2.56. The normalized spacial score (nSPS) is 14.3. The van der Waals surface area contributed by atoms with Crippen molar-refractivity contribution in [1.82, 2.24) is 15.0 Å². The van der Waals surface area contributed by atoms with E-state index < -0.39 is 5.41 Å². The molecule has 0 radical (unpaired) electrons. The van der Waals surface area contributed by atoms with Crippen LogP contribution in [-0.4, -0.2) is 15.0 Å². The molecule has 55 heavy (non-hydrogen) atoms. The molecule has 0 fully saturated rings. The molecule has 0 aliphatic heterocycles. The van der Waals surface area contributed by atoms with Gasteiger partial charge in [0.05, 0.1) is 16.8 Å². The second kappa shape index (κ2) is 13.6. The molecule has 2 heterocycles. The van der Waals surface area contributed by atoms with Crippen molar-refractivity contribution >= 4 is 0 Å². The summed E-state index contributed by atoms with van der Waals surface area (Å²) in [7, 11) is 0. The van der Waals surface area contributed by atoms with Gasteiger partial charge in [0.15, 0.2) is 5.82 Å². The zero-order valence-electron chi connectivity index (χ0n) is 30.0. The molecule has 1 aliphatic carbocycles. The molecule has 0 spiro atoms. The van der Waals surface area contributed by atoms with Crippen LogP contribution in [0.25, 0.3) is 67.3 Å². The number of pyridine rings is 1. The molecular formula is C52H35N3. The van der Waals surface area contributed by atoms with Crippen LogP contribution in [0.1, 0.15) is 22.3 Å². The Labute approximate surface area is 321 Å². The molecule has 1 aliphatic rings. The SMILES string of the molecule is c1ccc(-c2cccc(-c3cc(-c4ccc5c(c4)C(c4ccccc4)(c4ccncc4)c4ccccc4-5)nc(-c4cccc(-c5ccccc5)c4)n3)c2)cc1. The lowest BCUT2D eigenvalue weighted by Gasteiger charge is -2.33. The lowest BCUT2D eigenvalue weighted by atomic mass is 9.67. The maximum Gasteiger partial charge on any atom is 0.160 e. The second-order valence-electron chi connectivity index (χ2n) is 14.0. The molecule has 1 atom stereocenters. The number of nitrogens with zero attached hydrogens (tertiary/aromatic N) is 3. The van der Waals surface area contributed by atoms with Crippen LogP contribution in [0.15, 0.2) is 213 Å². The van der Waals surface area contributed by atoms with Gasteiger partial charge in [-0.2, -0.15) is 0 Å². The molecule has 9 aromatic rings. The second-order valence-corrected chi connectivity index (χ2v) is 14.0. The van der Waals surface area contributed by atoms with Crippen LogP contribution in [0.3, 0.4) is 0 Å². The summed E-state index contributed by atoms with van der Waals surface area (Å²) < 4.78 is 0. The van der Waals surface area contributed by atoms with Gasteiger partial charge in [0.25, 0.3) is 0 Å². The first-order valence-electron chi connectivity index (χ1n) is 18.7. The number of hydrogen-bond donors (Lipinski definition) is 0. The van der Waals surface area contributed by atoms with Crippen molar-refractivity contribution in [3.8, 4) is 67.3 Å². The molecule has 1 unspecified atom stereocenters. The van der Waals surface area contributed by atoms with E-state index >= 15 is 0 Å². The fraction of sp³-hybridized carbons (Fsp3) is 0.0192. The van der Waals surface area contributed by atoms with Gasteiger partial charge < -0.3 is 0 Å². The molecule has 10 rings (SSSR count). The van der Waals surface area contributed by atoms with Crippen molar-refractivity contribution in [2.75, 3.05) is 0 Å². The standard InChI is InChI=1S/C52H35N3/c1-4-14-36(15-5-1)38-18-12-20-40(32-38)49-35-50(55-51(54-49)42-21-13-19-39(33-42)37-16-6-2-7-17-37)41-26-27-46-45-24-10-11-25-47(45)52(48(46)34-41,43-22-8-3-9-23-43)44-28-30-53-31-29-44/h1-35H. The number of fused-ring (bicyclic) bond motifs is 3. The van der Waals surface area contributed by atoms with Crippen LogP contribution < -0.4 is 0 Å². The molecule has 0 saturated heterocycles. The summed E-state index contributed by atoms with van der Waals surface area (Å²) in [6.07, 6.45) is 3.81. The highest BCUT2D eigenvalue weighted by molar-refractivity contribution is 5.88. The Balaban J connectivity index is 1.20. The van der Waals surface area contributed by atoms with E-state index in [0.29, 0.717) is 5.82 Å². The largest absolute Gasteiger partial charge is 0.265 e. The Morgan fingerprint density at radius 1 is 0.309 bits per heavy atom. The molecule has 3 heteroatoms. The molecule has 0 saturated carbocycles. The number of benzene rings is 7. The quantitative estimate of drug-likeness (QED) is 0.166. The smallest absolute Gasteiger partial charge is 0.160 e. The van der Waals surface area contributed by atoms with E-state index in [-0.39, 0.29) is 0 Å². The zero-order chi connectivity index (χ0) is 36.6. The van der Waals surface area contributed by atoms with E-state index in [1.54, 1.807) is 0 Å². The minimum absolute atomic E-state index is 0.543. The first-order valence-corrected chi connectivity index (χ1v) is 18.7. The van der Waals surface area contributed by atoms with E-state index in [4.69, 9.17) is 9.97 Å². The number of hydrogen-bond acceptors (Lipinski definition) is 3. The summed E-state index contributed by atoms with van der Waals surface area (Å²) >= 11 is 0. The third-order valence-electron chi connectivity index (χ3n) is 10.9. The van der Waals surface area contributed by atoms with Crippen molar-refractivity contribution in [1.29, 1.82) is 0 Å². The lowest BCUT2D eigenvalue weighted by molar-refractivity contribution is 0.766. The van der Waals surface area contributed by atoms with Gasteiger partial charge in [-0.1, -0.05) is 164 Å². The fourth-order valence-electron chi connectivity index (χ4n) is 8.35. The fourth-order valence-corrected chi connectivity index (χ4v) is 8.35. The maximum absolute atomic E-state index is 5.36. The van der Waals surface area contributed by atoms with Crippen molar-refractivity contribution in [3.63, 3.8) is 0 Å².